The number of rotatable bonds is 13. The van der Waals surface area contributed by atoms with Crippen LogP contribution in [0.15, 0.2) is 97.1 Å². The highest BCUT2D eigenvalue weighted by atomic mass is 16.6. The number of carbonyl (C=O) groups excluding carboxylic acids is 1. The van der Waals surface area contributed by atoms with E-state index in [0.29, 0.717) is 29.1 Å². The number of aromatic nitrogens is 2. The number of hydrogen-bond donors (Lipinski definition) is 1. The molecule has 0 aliphatic carbocycles. The van der Waals surface area contributed by atoms with E-state index in [-0.39, 0.29) is 11.9 Å². The molecule has 0 aliphatic heterocycles. The van der Waals surface area contributed by atoms with Crippen molar-refractivity contribution in [3.63, 3.8) is 0 Å². The lowest BCUT2D eigenvalue weighted by Gasteiger charge is -2.39. The Morgan fingerprint density at radius 3 is 1.85 bits per heavy atom. The fourth-order valence-corrected chi connectivity index (χ4v) is 4.82. The summed E-state index contributed by atoms with van der Waals surface area (Å²) < 4.78 is 12.6. The minimum absolute atomic E-state index is 0.0880. The molecule has 0 bridgehead atoms. The Hall–Kier alpha value is -4.56. The van der Waals surface area contributed by atoms with Crippen LogP contribution in [0.1, 0.15) is 42.3 Å². The number of unbranched alkanes of at least 4 members (excludes halogenated alkanes) is 1. The van der Waals surface area contributed by atoms with Crippen LogP contribution in [0.2, 0.25) is 0 Å². The standard InChI is InChI=1S/C33H35N3O5/c1-4-5-21-36(28-19-13-8-14-20-28)29(37)23-40-33(26-15-9-6-10-16-26,27-17-11-7-12-18-27)30(31(38)39)41-32-34-24(2)22-25(3)35-32/h6-20,22,30H,4-5,21,23H2,1-3H3,(H,38,39). The number of nitrogens with zero attached hydrogens (tertiary/aromatic N) is 3. The number of ether oxygens (including phenoxy) is 2. The molecule has 8 heteroatoms. The average molecular weight is 554 g/mol. The van der Waals surface area contributed by atoms with Crippen molar-refractivity contribution in [3.8, 4) is 6.01 Å². The average Bonchev–Trinajstić information content (AvgIpc) is 2.98. The predicted octanol–water partition coefficient (Wildman–Crippen LogP) is 5.72. The van der Waals surface area contributed by atoms with Crippen LogP contribution in [0, 0.1) is 13.8 Å². The lowest BCUT2D eigenvalue weighted by molar-refractivity contribution is -0.166. The van der Waals surface area contributed by atoms with Crippen molar-refractivity contribution in [1.82, 2.24) is 9.97 Å². The zero-order valence-corrected chi connectivity index (χ0v) is 23.6. The third kappa shape index (κ3) is 6.96. The molecule has 0 saturated heterocycles. The summed E-state index contributed by atoms with van der Waals surface area (Å²) >= 11 is 0. The smallest absolute Gasteiger partial charge is 0.348 e. The number of carboxylic acid groups (broad SMARTS) is 1. The molecule has 0 aliphatic rings. The van der Waals surface area contributed by atoms with Crippen molar-refractivity contribution in [1.29, 1.82) is 0 Å². The third-order valence-electron chi connectivity index (χ3n) is 6.71. The first-order valence-electron chi connectivity index (χ1n) is 13.7. The van der Waals surface area contributed by atoms with Gasteiger partial charge in [-0.15, -0.1) is 0 Å². The number of carboxylic acids is 1. The third-order valence-corrected chi connectivity index (χ3v) is 6.71. The summed E-state index contributed by atoms with van der Waals surface area (Å²) in [4.78, 5) is 37.2. The summed E-state index contributed by atoms with van der Waals surface area (Å²) in [7, 11) is 0. The maximum atomic E-state index is 13.8. The van der Waals surface area contributed by atoms with Crippen molar-refractivity contribution in [2.75, 3.05) is 18.1 Å². The van der Waals surface area contributed by atoms with E-state index < -0.39 is 24.3 Å². The summed E-state index contributed by atoms with van der Waals surface area (Å²) in [5.41, 5.74) is 1.30. The van der Waals surface area contributed by atoms with Gasteiger partial charge in [-0.25, -0.2) is 14.8 Å². The molecular weight excluding hydrogens is 518 g/mol. The van der Waals surface area contributed by atoms with E-state index in [9.17, 15) is 14.7 Å². The van der Waals surface area contributed by atoms with E-state index in [4.69, 9.17) is 9.47 Å². The van der Waals surface area contributed by atoms with Crippen molar-refractivity contribution in [2.24, 2.45) is 0 Å². The summed E-state index contributed by atoms with van der Waals surface area (Å²) in [6, 6.07) is 29.0. The van der Waals surface area contributed by atoms with E-state index in [1.54, 1.807) is 73.3 Å². The van der Waals surface area contributed by atoms with Gasteiger partial charge >= 0.3 is 12.0 Å². The molecule has 1 amide bonds. The van der Waals surface area contributed by atoms with Gasteiger partial charge in [0.15, 0.2) is 5.60 Å². The van der Waals surface area contributed by atoms with Gasteiger partial charge in [0.05, 0.1) is 0 Å². The van der Waals surface area contributed by atoms with Gasteiger partial charge in [0, 0.05) is 23.6 Å². The Balaban J connectivity index is 1.82. The van der Waals surface area contributed by atoms with Gasteiger partial charge in [-0.3, -0.25) is 4.79 Å². The summed E-state index contributed by atoms with van der Waals surface area (Å²) in [6.45, 7) is 5.72. The second kappa shape index (κ2) is 13.7. The van der Waals surface area contributed by atoms with Crippen LogP contribution in [-0.2, 0) is 19.9 Å². The van der Waals surface area contributed by atoms with Gasteiger partial charge < -0.3 is 19.5 Å². The van der Waals surface area contributed by atoms with Gasteiger partial charge in [-0.2, -0.15) is 0 Å². The molecule has 8 nitrogen and oxygen atoms in total. The first-order valence-corrected chi connectivity index (χ1v) is 13.7. The van der Waals surface area contributed by atoms with Crippen LogP contribution >= 0.6 is 0 Å². The Bertz CT molecular complexity index is 1370. The maximum absolute atomic E-state index is 13.8. The Kier molecular flexibility index (Phi) is 9.81. The number of hydrogen-bond acceptors (Lipinski definition) is 6. The fourth-order valence-electron chi connectivity index (χ4n) is 4.82. The zero-order valence-electron chi connectivity index (χ0n) is 23.6. The molecule has 212 valence electrons. The molecule has 0 saturated carbocycles. The maximum Gasteiger partial charge on any atom is 0.348 e. The Labute approximate surface area is 240 Å². The molecule has 0 spiro atoms. The second-order valence-electron chi connectivity index (χ2n) is 9.76. The van der Waals surface area contributed by atoms with E-state index in [0.717, 1.165) is 18.5 Å². The minimum Gasteiger partial charge on any atom is -0.478 e. The first kappa shape index (κ1) is 29.4. The highest BCUT2D eigenvalue weighted by Crippen LogP contribution is 2.39. The van der Waals surface area contributed by atoms with Crippen molar-refractivity contribution < 1.29 is 24.2 Å². The monoisotopic (exact) mass is 553 g/mol. The Morgan fingerprint density at radius 2 is 1.37 bits per heavy atom. The number of para-hydroxylation sites is 1. The van der Waals surface area contributed by atoms with Crippen molar-refractivity contribution >= 4 is 17.6 Å². The molecule has 1 aromatic heterocycles. The lowest BCUT2D eigenvalue weighted by Crippen LogP contribution is -2.52. The molecule has 0 radical (unpaired) electrons. The van der Waals surface area contributed by atoms with Crippen LogP contribution in [-0.4, -0.2) is 46.2 Å². The van der Waals surface area contributed by atoms with Crippen LogP contribution in [0.3, 0.4) is 0 Å². The summed E-state index contributed by atoms with van der Waals surface area (Å²) in [5.74, 6) is -1.59. The summed E-state index contributed by atoms with van der Waals surface area (Å²) in [6.07, 6.45) is 0.0658. The molecule has 4 aromatic rings. The fraction of sp³-hybridized carbons (Fsp3) is 0.273. The molecule has 1 unspecified atom stereocenters. The van der Waals surface area contributed by atoms with Gasteiger partial charge in [0.1, 0.15) is 6.61 Å². The Morgan fingerprint density at radius 1 is 0.854 bits per heavy atom. The van der Waals surface area contributed by atoms with Crippen LogP contribution in [0.5, 0.6) is 6.01 Å². The topological polar surface area (TPSA) is 102 Å². The number of amides is 1. The SMILES string of the molecule is CCCCN(C(=O)COC(c1ccccc1)(c1ccccc1)C(Oc1nc(C)cc(C)n1)C(=O)O)c1ccccc1. The minimum atomic E-state index is -1.72. The number of benzene rings is 3. The van der Waals surface area contributed by atoms with Gasteiger partial charge in [-0.05, 0) is 49.6 Å². The molecule has 1 N–H and O–H groups in total. The number of carbonyl (C=O) groups is 2. The first-order chi connectivity index (χ1) is 19.8. The molecule has 3 aromatic carbocycles. The van der Waals surface area contributed by atoms with Gasteiger partial charge in [0.25, 0.3) is 5.91 Å². The zero-order chi connectivity index (χ0) is 29.2. The van der Waals surface area contributed by atoms with E-state index in [1.807, 2.05) is 42.5 Å². The predicted molar refractivity (Wildman–Crippen MR) is 157 cm³/mol. The second-order valence-corrected chi connectivity index (χ2v) is 9.76. The van der Waals surface area contributed by atoms with Crippen LogP contribution in [0.25, 0.3) is 0 Å². The van der Waals surface area contributed by atoms with Crippen molar-refractivity contribution in [2.45, 2.75) is 45.3 Å². The van der Waals surface area contributed by atoms with Crippen LogP contribution in [0.4, 0.5) is 5.69 Å². The molecule has 41 heavy (non-hydrogen) atoms. The van der Waals surface area contributed by atoms with E-state index >= 15 is 0 Å². The lowest BCUT2D eigenvalue weighted by atomic mass is 9.81. The number of aryl methyl sites for hydroxylation is 2. The largest absolute Gasteiger partial charge is 0.478 e. The molecule has 0 fully saturated rings. The molecule has 1 heterocycles. The highest BCUT2D eigenvalue weighted by molar-refractivity contribution is 5.94. The normalized spacial score (nSPS) is 12.0. The molecule has 4 rings (SSSR count). The quantitative estimate of drug-likeness (QED) is 0.226. The van der Waals surface area contributed by atoms with E-state index in [1.165, 1.54) is 0 Å². The van der Waals surface area contributed by atoms with Crippen molar-refractivity contribution in [3.05, 3.63) is 120 Å². The van der Waals surface area contributed by atoms with E-state index in [2.05, 4.69) is 16.9 Å². The molecule has 1 atom stereocenters. The van der Waals surface area contributed by atoms with Gasteiger partial charge in [-0.1, -0.05) is 92.2 Å². The van der Waals surface area contributed by atoms with Crippen LogP contribution < -0.4 is 9.64 Å². The molecular formula is C33H35N3O5. The van der Waals surface area contributed by atoms with Gasteiger partial charge in [0.2, 0.25) is 6.10 Å². The summed E-state index contributed by atoms with van der Waals surface area (Å²) in [5, 5.41) is 10.6. The number of anilines is 1. The number of aliphatic carboxylic acids is 1. The highest BCUT2D eigenvalue weighted by Gasteiger charge is 2.50.